The molecule has 0 aliphatic carbocycles. The van der Waals surface area contributed by atoms with Crippen LogP contribution in [0.15, 0.2) is 78.9 Å². The van der Waals surface area contributed by atoms with Crippen molar-refractivity contribution in [1.29, 1.82) is 0 Å². The van der Waals surface area contributed by atoms with Crippen LogP contribution in [0.3, 0.4) is 0 Å². The maximum absolute atomic E-state index is 13.2. The Labute approximate surface area is 173 Å². The Balaban J connectivity index is 1.70. The van der Waals surface area contributed by atoms with Crippen molar-refractivity contribution < 1.29 is 28.2 Å². The molecule has 0 radical (unpaired) electrons. The topological polar surface area (TPSA) is 73.9 Å². The number of ether oxygens (including phenoxy) is 3. The molecule has 0 heterocycles. The van der Waals surface area contributed by atoms with Crippen LogP contribution in [0.2, 0.25) is 0 Å². The molecule has 154 valence electrons. The zero-order valence-corrected chi connectivity index (χ0v) is 16.2. The summed E-state index contributed by atoms with van der Waals surface area (Å²) in [5, 5.41) is 2.72. The molecule has 0 bridgehead atoms. The van der Waals surface area contributed by atoms with Gasteiger partial charge in [0.2, 0.25) is 6.10 Å². The normalized spacial score (nSPS) is 11.3. The van der Waals surface area contributed by atoms with Gasteiger partial charge in [-0.2, -0.15) is 0 Å². The summed E-state index contributed by atoms with van der Waals surface area (Å²) in [6.45, 7) is -0.473. The molecule has 30 heavy (non-hydrogen) atoms. The van der Waals surface area contributed by atoms with Gasteiger partial charge in [-0.15, -0.1) is 0 Å². The molecule has 3 rings (SSSR count). The van der Waals surface area contributed by atoms with E-state index >= 15 is 0 Å². The van der Waals surface area contributed by atoms with E-state index in [0.717, 1.165) is 6.07 Å². The van der Waals surface area contributed by atoms with Crippen LogP contribution in [-0.2, 0) is 14.3 Å². The summed E-state index contributed by atoms with van der Waals surface area (Å²) in [5.41, 5.74) is 0.990. The minimum absolute atomic E-state index is 0.184. The Kier molecular flexibility index (Phi) is 7.00. The van der Waals surface area contributed by atoms with Gasteiger partial charge in [-0.05, 0) is 24.3 Å². The van der Waals surface area contributed by atoms with Crippen LogP contribution in [-0.4, -0.2) is 25.6 Å². The van der Waals surface area contributed by atoms with Gasteiger partial charge >= 0.3 is 5.97 Å². The second-order valence-electron chi connectivity index (χ2n) is 6.25. The largest absolute Gasteiger partial charge is 0.497 e. The molecule has 6 nitrogen and oxygen atoms in total. The van der Waals surface area contributed by atoms with E-state index in [2.05, 4.69) is 5.32 Å². The van der Waals surface area contributed by atoms with E-state index in [1.165, 1.54) is 25.3 Å². The number of rotatable bonds is 8. The minimum Gasteiger partial charge on any atom is -0.497 e. The van der Waals surface area contributed by atoms with Gasteiger partial charge in [0.05, 0.1) is 7.11 Å². The molecule has 3 aromatic rings. The van der Waals surface area contributed by atoms with Gasteiger partial charge in [-0.1, -0.05) is 42.5 Å². The SMILES string of the molecule is COc1cccc(NC(=O)[C@@H](OC(=O)COc2cccc(F)c2)c2ccccc2)c1. The van der Waals surface area contributed by atoms with Crippen LogP contribution in [0, 0.1) is 5.82 Å². The predicted octanol–water partition coefficient (Wildman–Crippen LogP) is 4.14. The lowest BCUT2D eigenvalue weighted by Crippen LogP contribution is -2.28. The Bertz CT molecular complexity index is 1010. The number of carbonyl (C=O) groups excluding carboxylic acids is 2. The highest BCUT2D eigenvalue weighted by molar-refractivity contribution is 5.96. The fourth-order valence-electron chi connectivity index (χ4n) is 2.67. The van der Waals surface area contributed by atoms with Crippen molar-refractivity contribution in [3.05, 3.63) is 90.2 Å². The summed E-state index contributed by atoms with van der Waals surface area (Å²) in [5.74, 6) is -1.03. The number of hydrogen-bond acceptors (Lipinski definition) is 5. The quantitative estimate of drug-likeness (QED) is 0.566. The van der Waals surface area contributed by atoms with E-state index < -0.39 is 30.4 Å². The van der Waals surface area contributed by atoms with E-state index in [-0.39, 0.29) is 5.75 Å². The average Bonchev–Trinajstić information content (AvgIpc) is 2.76. The molecule has 1 N–H and O–H groups in total. The van der Waals surface area contributed by atoms with Crippen molar-refractivity contribution in [1.82, 2.24) is 0 Å². The van der Waals surface area contributed by atoms with Crippen molar-refractivity contribution in [2.45, 2.75) is 6.10 Å². The maximum atomic E-state index is 13.2. The summed E-state index contributed by atoms with van der Waals surface area (Å²) in [7, 11) is 1.52. The molecule has 0 aromatic heterocycles. The molecule has 3 aromatic carbocycles. The van der Waals surface area contributed by atoms with E-state index in [1.54, 1.807) is 54.6 Å². The lowest BCUT2D eigenvalue weighted by molar-refractivity contribution is -0.156. The fraction of sp³-hybridized carbons (Fsp3) is 0.130. The third kappa shape index (κ3) is 5.81. The summed E-state index contributed by atoms with van der Waals surface area (Å²) in [4.78, 5) is 25.1. The van der Waals surface area contributed by atoms with Crippen molar-refractivity contribution in [2.75, 3.05) is 19.0 Å². The number of carbonyl (C=O) groups is 2. The van der Waals surface area contributed by atoms with E-state index in [1.807, 2.05) is 0 Å². The van der Waals surface area contributed by atoms with E-state index in [4.69, 9.17) is 14.2 Å². The standard InChI is InChI=1S/C23H20FNO5/c1-28-19-11-6-10-18(14-19)25-23(27)22(16-7-3-2-4-8-16)30-21(26)15-29-20-12-5-9-17(24)13-20/h2-14,22H,15H2,1H3,(H,25,27)/t22-/m0/s1. The van der Waals surface area contributed by atoms with Crippen LogP contribution in [0.4, 0.5) is 10.1 Å². The number of halogens is 1. The van der Waals surface area contributed by atoms with Gasteiger partial charge in [-0.3, -0.25) is 4.79 Å². The van der Waals surface area contributed by atoms with Gasteiger partial charge in [0.1, 0.15) is 17.3 Å². The summed E-state index contributed by atoms with van der Waals surface area (Å²) >= 11 is 0. The zero-order chi connectivity index (χ0) is 21.3. The van der Waals surface area contributed by atoms with E-state index in [0.29, 0.717) is 17.0 Å². The highest BCUT2D eigenvalue weighted by Gasteiger charge is 2.25. The highest BCUT2D eigenvalue weighted by Crippen LogP contribution is 2.22. The number of hydrogen-bond donors (Lipinski definition) is 1. The first kappa shape index (κ1) is 20.9. The predicted molar refractivity (Wildman–Crippen MR) is 109 cm³/mol. The van der Waals surface area contributed by atoms with Crippen LogP contribution >= 0.6 is 0 Å². The number of nitrogens with one attached hydrogen (secondary N) is 1. The Hall–Kier alpha value is -3.87. The molecule has 0 spiro atoms. The summed E-state index contributed by atoms with van der Waals surface area (Å²) < 4.78 is 29.0. The van der Waals surface area contributed by atoms with Crippen molar-refractivity contribution in [2.24, 2.45) is 0 Å². The number of esters is 1. The first-order valence-electron chi connectivity index (χ1n) is 9.13. The van der Waals surface area contributed by atoms with Gasteiger partial charge in [0, 0.05) is 23.4 Å². The van der Waals surface area contributed by atoms with Gasteiger partial charge < -0.3 is 19.5 Å². The first-order chi connectivity index (χ1) is 14.5. The van der Waals surface area contributed by atoms with Crippen LogP contribution in [0.25, 0.3) is 0 Å². The minimum atomic E-state index is -1.19. The van der Waals surface area contributed by atoms with Gasteiger partial charge in [0.25, 0.3) is 5.91 Å². The number of benzene rings is 3. The zero-order valence-electron chi connectivity index (χ0n) is 16.2. The van der Waals surface area contributed by atoms with Gasteiger partial charge in [-0.25, -0.2) is 9.18 Å². The maximum Gasteiger partial charge on any atom is 0.345 e. The number of methoxy groups -OCH3 is 1. The second-order valence-corrected chi connectivity index (χ2v) is 6.25. The van der Waals surface area contributed by atoms with Crippen LogP contribution in [0.5, 0.6) is 11.5 Å². The average molecular weight is 409 g/mol. The molecule has 1 amide bonds. The third-order valence-electron chi connectivity index (χ3n) is 4.08. The molecule has 0 saturated heterocycles. The second kappa shape index (κ2) is 10.1. The van der Waals surface area contributed by atoms with E-state index in [9.17, 15) is 14.0 Å². The Morgan fingerprint density at radius 1 is 0.933 bits per heavy atom. The first-order valence-corrected chi connectivity index (χ1v) is 9.13. The lowest BCUT2D eigenvalue weighted by Gasteiger charge is -2.18. The molecule has 0 aliphatic rings. The molecule has 0 unspecified atom stereocenters. The molecule has 0 aliphatic heterocycles. The molecule has 0 saturated carbocycles. The van der Waals surface area contributed by atoms with Crippen molar-refractivity contribution in [3.8, 4) is 11.5 Å². The van der Waals surface area contributed by atoms with Crippen molar-refractivity contribution >= 4 is 17.6 Å². The molecule has 0 fully saturated rings. The Morgan fingerprint density at radius 2 is 1.67 bits per heavy atom. The molecule has 1 atom stereocenters. The highest BCUT2D eigenvalue weighted by atomic mass is 19.1. The molecular formula is C23H20FNO5. The number of amides is 1. The fourth-order valence-corrected chi connectivity index (χ4v) is 2.67. The summed E-state index contributed by atoms with van der Waals surface area (Å²) in [6, 6.07) is 20.8. The van der Waals surface area contributed by atoms with Gasteiger partial charge in [0.15, 0.2) is 6.61 Å². The number of anilines is 1. The lowest BCUT2D eigenvalue weighted by atomic mass is 10.1. The molecule has 7 heteroatoms. The van der Waals surface area contributed by atoms with Crippen LogP contribution in [0.1, 0.15) is 11.7 Å². The third-order valence-corrected chi connectivity index (χ3v) is 4.08. The monoisotopic (exact) mass is 409 g/mol. The smallest absolute Gasteiger partial charge is 0.345 e. The van der Waals surface area contributed by atoms with Crippen molar-refractivity contribution in [3.63, 3.8) is 0 Å². The molecular weight excluding hydrogens is 389 g/mol. The Morgan fingerprint density at radius 3 is 2.40 bits per heavy atom. The summed E-state index contributed by atoms with van der Waals surface area (Å²) in [6.07, 6.45) is -1.19. The van der Waals surface area contributed by atoms with Crippen LogP contribution < -0.4 is 14.8 Å².